The molecule has 0 saturated carbocycles. The molecule has 3 rings (SSSR count). The van der Waals surface area contributed by atoms with Gasteiger partial charge in [0, 0.05) is 35.6 Å². The van der Waals surface area contributed by atoms with Crippen LogP contribution in [0.4, 0.5) is 17.1 Å². The second kappa shape index (κ2) is 11.3. The van der Waals surface area contributed by atoms with Gasteiger partial charge in [0.2, 0.25) is 11.8 Å². The van der Waals surface area contributed by atoms with Gasteiger partial charge in [-0.3, -0.25) is 14.4 Å². The molecule has 0 heterocycles. The normalized spacial score (nSPS) is 10.2. The Morgan fingerprint density at radius 3 is 2.12 bits per heavy atom. The van der Waals surface area contributed by atoms with Crippen molar-refractivity contribution in [3.8, 4) is 0 Å². The van der Waals surface area contributed by atoms with Crippen LogP contribution in [0.5, 0.6) is 0 Å². The Morgan fingerprint density at radius 2 is 1.41 bits per heavy atom. The van der Waals surface area contributed by atoms with E-state index in [9.17, 15) is 14.4 Å². The minimum absolute atomic E-state index is 0.0600. The van der Waals surface area contributed by atoms with Gasteiger partial charge in [0.05, 0.1) is 6.54 Å². The van der Waals surface area contributed by atoms with Crippen molar-refractivity contribution in [1.29, 1.82) is 0 Å². The SMILES string of the molecule is CCC(=O)Nc1cccc(NCC(=O)Nc2ccc(C(=O)NCc3ccccc3)cc2)c1. The Balaban J connectivity index is 1.47. The van der Waals surface area contributed by atoms with E-state index < -0.39 is 0 Å². The summed E-state index contributed by atoms with van der Waals surface area (Å²) in [5, 5.41) is 11.5. The molecule has 0 saturated heterocycles. The van der Waals surface area contributed by atoms with Crippen LogP contribution in [0.3, 0.4) is 0 Å². The lowest BCUT2D eigenvalue weighted by Crippen LogP contribution is -2.23. The lowest BCUT2D eigenvalue weighted by molar-refractivity contribution is -0.116. The molecule has 3 amide bonds. The summed E-state index contributed by atoms with van der Waals surface area (Å²) in [5.74, 6) is -0.477. The van der Waals surface area contributed by atoms with Gasteiger partial charge in [-0.2, -0.15) is 0 Å². The molecular weight excluding hydrogens is 404 g/mol. The molecule has 0 spiro atoms. The van der Waals surface area contributed by atoms with Gasteiger partial charge in [0.15, 0.2) is 0 Å². The topological polar surface area (TPSA) is 99.3 Å². The van der Waals surface area contributed by atoms with Gasteiger partial charge >= 0.3 is 0 Å². The summed E-state index contributed by atoms with van der Waals surface area (Å²) in [6, 6.07) is 23.6. The molecule has 3 aromatic carbocycles. The van der Waals surface area contributed by atoms with Crippen molar-refractivity contribution < 1.29 is 14.4 Å². The molecule has 3 aromatic rings. The van der Waals surface area contributed by atoms with E-state index in [2.05, 4.69) is 21.3 Å². The van der Waals surface area contributed by atoms with Crippen molar-refractivity contribution >= 4 is 34.8 Å². The van der Waals surface area contributed by atoms with Gasteiger partial charge in [-0.05, 0) is 48.0 Å². The van der Waals surface area contributed by atoms with E-state index in [4.69, 9.17) is 0 Å². The standard InChI is InChI=1S/C25H26N4O3/c1-2-23(30)29-22-10-6-9-21(15-22)26-17-24(31)28-20-13-11-19(12-14-20)25(32)27-16-18-7-4-3-5-8-18/h3-15,26H,2,16-17H2,1H3,(H,27,32)(H,28,31)(H,29,30). The van der Waals surface area contributed by atoms with Crippen molar-refractivity contribution in [2.75, 3.05) is 22.5 Å². The predicted molar refractivity (Wildman–Crippen MR) is 127 cm³/mol. The Hall–Kier alpha value is -4.13. The van der Waals surface area contributed by atoms with Gasteiger partial charge in [-0.15, -0.1) is 0 Å². The molecule has 0 aromatic heterocycles. The van der Waals surface area contributed by atoms with Crippen LogP contribution >= 0.6 is 0 Å². The highest BCUT2D eigenvalue weighted by Crippen LogP contribution is 2.15. The van der Waals surface area contributed by atoms with E-state index in [-0.39, 0.29) is 24.3 Å². The number of anilines is 3. The summed E-state index contributed by atoms with van der Waals surface area (Å²) >= 11 is 0. The lowest BCUT2D eigenvalue weighted by atomic mass is 10.1. The number of carbonyl (C=O) groups excluding carboxylic acids is 3. The quantitative estimate of drug-likeness (QED) is 0.412. The Bertz CT molecular complexity index is 1070. The molecular formula is C25H26N4O3. The lowest BCUT2D eigenvalue weighted by Gasteiger charge is -2.10. The van der Waals surface area contributed by atoms with Crippen LogP contribution in [0.2, 0.25) is 0 Å². The molecule has 164 valence electrons. The fourth-order valence-corrected chi connectivity index (χ4v) is 2.93. The predicted octanol–water partition coefficient (Wildman–Crippen LogP) is 4.02. The number of hydrogen-bond donors (Lipinski definition) is 4. The fraction of sp³-hybridized carbons (Fsp3) is 0.160. The highest BCUT2D eigenvalue weighted by molar-refractivity contribution is 5.97. The molecule has 32 heavy (non-hydrogen) atoms. The first kappa shape index (κ1) is 22.6. The molecule has 0 fully saturated rings. The first-order chi connectivity index (χ1) is 15.5. The van der Waals surface area contributed by atoms with Gasteiger partial charge in [0.1, 0.15) is 0 Å². The molecule has 7 nitrogen and oxygen atoms in total. The number of amides is 3. The third-order valence-corrected chi connectivity index (χ3v) is 4.65. The zero-order chi connectivity index (χ0) is 22.8. The number of benzene rings is 3. The third-order valence-electron chi connectivity index (χ3n) is 4.65. The third kappa shape index (κ3) is 6.98. The molecule has 0 unspecified atom stereocenters. The van der Waals surface area contributed by atoms with E-state index in [0.29, 0.717) is 29.9 Å². The van der Waals surface area contributed by atoms with Gasteiger partial charge in [0.25, 0.3) is 5.91 Å². The van der Waals surface area contributed by atoms with Gasteiger partial charge < -0.3 is 21.3 Å². The second-order valence-corrected chi connectivity index (χ2v) is 7.13. The average molecular weight is 431 g/mol. The Labute approximate surface area is 187 Å². The summed E-state index contributed by atoms with van der Waals surface area (Å²) in [5.41, 5.74) is 3.53. The van der Waals surface area contributed by atoms with E-state index in [0.717, 1.165) is 11.3 Å². The van der Waals surface area contributed by atoms with E-state index >= 15 is 0 Å². The molecule has 0 atom stereocenters. The summed E-state index contributed by atoms with van der Waals surface area (Å²) in [7, 11) is 0. The summed E-state index contributed by atoms with van der Waals surface area (Å²) in [4.78, 5) is 36.0. The molecule has 7 heteroatoms. The van der Waals surface area contributed by atoms with Crippen molar-refractivity contribution in [3.05, 3.63) is 90.0 Å². The highest BCUT2D eigenvalue weighted by Gasteiger charge is 2.07. The minimum atomic E-state index is -0.228. The number of carbonyl (C=O) groups is 3. The van der Waals surface area contributed by atoms with Crippen LogP contribution < -0.4 is 21.3 Å². The van der Waals surface area contributed by atoms with Crippen molar-refractivity contribution in [1.82, 2.24) is 5.32 Å². The maximum Gasteiger partial charge on any atom is 0.251 e. The number of nitrogens with one attached hydrogen (secondary N) is 4. The Morgan fingerprint density at radius 1 is 0.719 bits per heavy atom. The smallest absolute Gasteiger partial charge is 0.251 e. The van der Waals surface area contributed by atoms with Crippen LogP contribution in [-0.2, 0) is 16.1 Å². The molecule has 0 radical (unpaired) electrons. The molecule has 0 aliphatic carbocycles. The molecule has 4 N–H and O–H groups in total. The molecule has 0 bridgehead atoms. The van der Waals surface area contributed by atoms with Crippen LogP contribution in [-0.4, -0.2) is 24.3 Å². The summed E-state index contributed by atoms with van der Waals surface area (Å²) < 4.78 is 0. The maximum absolute atomic E-state index is 12.3. The van der Waals surface area contributed by atoms with E-state index in [1.807, 2.05) is 36.4 Å². The van der Waals surface area contributed by atoms with Crippen molar-refractivity contribution in [2.45, 2.75) is 19.9 Å². The zero-order valence-corrected chi connectivity index (χ0v) is 17.9. The molecule has 0 aliphatic heterocycles. The van der Waals surface area contributed by atoms with E-state index in [1.165, 1.54) is 0 Å². The van der Waals surface area contributed by atoms with Gasteiger partial charge in [-0.25, -0.2) is 0 Å². The van der Waals surface area contributed by atoms with Crippen LogP contribution in [0, 0.1) is 0 Å². The monoisotopic (exact) mass is 430 g/mol. The van der Waals surface area contributed by atoms with Crippen molar-refractivity contribution in [2.24, 2.45) is 0 Å². The maximum atomic E-state index is 12.3. The first-order valence-corrected chi connectivity index (χ1v) is 10.4. The van der Waals surface area contributed by atoms with Crippen LogP contribution in [0.1, 0.15) is 29.3 Å². The Kier molecular flexibility index (Phi) is 7.97. The summed E-state index contributed by atoms with van der Waals surface area (Å²) in [6.07, 6.45) is 0.396. The number of rotatable bonds is 9. The number of hydrogen-bond acceptors (Lipinski definition) is 4. The van der Waals surface area contributed by atoms with Crippen molar-refractivity contribution in [3.63, 3.8) is 0 Å². The molecule has 0 aliphatic rings. The van der Waals surface area contributed by atoms with Crippen LogP contribution in [0.25, 0.3) is 0 Å². The highest BCUT2D eigenvalue weighted by atomic mass is 16.2. The average Bonchev–Trinajstić information content (AvgIpc) is 2.82. The summed E-state index contributed by atoms with van der Waals surface area (Å²) in [6.45, 7) is 2.29. The largest absolute Gasteiger partial charge is 0.376 e. The van der Waals surface area contributed by atoms with E-state index in [1.54, 1.807) is 49.4 Å². The minimum Gasteiger partial charge on any atom is -0.376 e. The van der Waals surface area contributed by atoms with Crippen LogP contribution in [0.15, 0.2) is 78.9 Å². The fourth-order valence-electron chi connectivity index (χ4n) is 2.93. The zero-order valence-electron chi connectivity index (χ0n) is 17.9. The van der Waals surface area contributed by atoms with Gasteiger partial charge in [-0.1, -0.05) is 43.3 Å². The second-order valence-electron chi connectivity index (χ2n) is 7.13. The first-order valence-electron chi connectivity index (χ1n) is 10.4.